The van der Waals surface area contributed by atoms with Crippen LogP contribution in [0, 0.1) is 29.1 Å². The summed E-state index contributed by atoms with van der Waals surface area (Å²) < 4.78 is 68.4. The second-order valence-electron chi connectivity index (χ2n) is 35.2. The van der Waals surface area contributed by atoms with Gasteiger partial charge in [0, 0.05) is 159 Å². The highest BCUT2D eigenvalue weighted by Crippen LogP contribution is 2.40. The molecule has 0 aromatic heterocycles. The molecule has 0 aromatic rings. The van der Waals surface area contributed by atoms with Gasteiger partial charge in [-0.1, -0.05) is 100 Å². The van der Waals surface area contributed by atoms with Crippen LogP contribution in [0.1, 0.15) is 278 Å². The lowest BCUT2D eigenvalue weighted by Crippen LogP contribution is -2.55. The summed E-state index contributed by atoms with van der Waals surface area (Å²) >= 11 is 0. The van der Waals surface area contributed by atoms with Crippen molar-refractivity contribution in [3.8, 4) is 0 Å². The second kappa shape index (κ2) is 71.2. The first kappa shape index (κ1) is 116. The maximum atomic E-state index is 14.2. The number of carbonyl (C=O) groups excluding carboxylic acids is 9. The minimum Gasteiger partial charge on any atom is -0.466 e. The Bertz CT molecular complexity index is 2770. The molecule has 1 saturated carbocycles. The molecular formula is C92H164N4O30S2. The average Bonchev–Trinajstić information content (AvgIpc) is 1.26. The molecule has 0 aromatic carbocycles. The van der Waals surface area contributed by atoms with Crippen LogP contribution in [-0.4, -0.2) is 328 Å². The summed E-state index contributed by atoms with van der Waals surface area (Å²) in [4.78, 5) is 119. The number of likely N-dealkylation sites (tertiary alicyclic amines) is 1. The number of methoxy groups -OCH3 is 2. The Hall–Kier alpha value is -4.39. The predicted octanol–water partition coefficient (Wildman–Crippen LogP) is 8.16. The second-order valence-corrected chi connectivity index (χ2v) is 37.9. The molecule has 0 bridgehead atoms. The first-order valence-corrected chi connectivity index (χ1v) is 50.4. The van der Waals surface area contributed by atoms with E-state index in [2.05, 4.69) is 16.0 Å². The van der Waals surface area contributed by atoms with Crippen molar-refractivity contribution >= 4 is 74.7 Å². The van der Waals surface area contributed by atoms with Crippen LogP contribution in [0.5, 0.6) is 0 Å². The number of alkyl carbamates (subject to hydrolysis) is 1. The van der Waals surface area contributed by atoms with Crippen LogP contribution in [0.2, 0.25) is 0 Å². The number of nitrogens with zero attached hydrogens (tertiary/aromatic N) is 1. The quantitative estimate of drug-likeness (QED) is 0.0118. The summed E-state index contributed by atoms with van der Waals surface area (Å²) in [7, 11) is 6.66. The lowest BCUT2D eigenvalue weighted by Gasteiger charge is -2.40. The Labute approximate surface area is 768 Å². The van der Waals surface area contributed by atoms with Gasteiger partial charge >= 0.3 is 18.0 Å². The SMILES string of the molecule is COC[C@H]1C[C@H](OC)CN1C(=O)CCCCC(=O)CCCSSCCOCCOCCC(=O)CC(CCCOC(=O)CCCCCCCNC(=O)CCCOC1OC(CO)C(O)C(O)C1C)(CCCOC(=O)CCCCCCCNC(=O)CCCOC1OC(CO)C(O)C(O)C1C)CCCOC(=O)NCCCCCCCC(=O)CCCOC1CC(CO)C(O)C(O)C1C. The van der Waals surface area contributed by atoms with Crippen molar-refractivity contribution in [2.24, 2.45) is 29.1 Å². The summed E-state index contributed by atoms with van der Waals surface area (Å²) in [6.07, 6.45) is 11.3. The summed E-state index contributed by atoms with van der Waals surface area (Å²) in [6.45, 7) is 8.70. The molecule has 17 atom stereocenters. The van der Waals surface area contributed by atoms with Crippen LogP contribution in [0.3, 0.4) is 0 Å². The Balaban J connectivity index is 1.24. The van der Waals surface area contributed by atoms with E-state index >= 15 is 0 Å². The minimum atomic E-state index is -1.22. The highest BCUT2D eigenvalue weighted by Gasteiger charge is 2.45. The number of esters is 2. The van der Waals surface area contributed by atoms with Crippen molar-refractivity contribution in [1.29, 1.82) is 0 Å². The minimum absolute atomic E-state index is 0.0107. The van der Waals surface area contributed by atoms with Crippen LogP contribution in [0.4, 0.5) is 4.79 Å². The van der Waals surface area contributed by atoms with E-state index in [-0.39, 0.29) is 163 Å². The van der Waals surface area contributed by atoms with E-state index in [9.17, 15) is 89.1 Å². The molecule has 4 fully saturated rings. The molecule has 4 rings (SSSR count). The van der Waals surface area contributed by atoms with Gasteiger partial charge in [-0.3, -0.25) is 38.4 Å². The first-order valence-electron chi connectivity index (χ1n) is 47.9. The lowest BCUT2D eigenvalue weighted by molar-refractivity contribution is -0.282. The highest BCUT2D eigenvalue weighted by molar-refractivity contribution is 8.76. The fourth-order valence-corrected chi connectivity index (χ4v) is 18.6. The molecule has 4 aliphatic rings. The number of unbranched alkanes of at least 4 members (excludes halogenated alkanes) is 13. The molecule has 36 heteroatoms. The van der Waals surface area contributed by atoms with Gasteiger partial charge in [0.05, 0.1) is 122 Å². The van der Waals surface area contributed by atoms with Crippen molar-refractivity contribution in [1.82, 2.24) is 20.9 Å². The largest absolute Gasteiger partial charge is 0.466 e. The molecular weight excluding hydrogens is 1710 g/mol. The Morgan fingerprint density at radius 1 is 0.406 bits per heavy atom. The maximum absolute atomic E-state index is 14.2. The van der Waals surface area contributed by atoms with Crippen LogP contribution >= 0.6 is 21.6 Å². The normalized spacial score (nSPS) is 24.6. The highest BCUT2D eigenvalue weighted by atomic mass is 33.1. The molecule has 3 aliphatic heterocycles. The van der Waals surface area contributed by atoms with E-state index < -0.39 is 104 Å². The number of ether oxygens (including phenoxy) is 12. The number of rotatable bonds is 78. The van der Waals surface area contributed by atoms with Gasteiger partial charge in [0.25, 0.3) is 0 Å². The van der Waals surface area contributed by atoms with Crippen molar-refractivity contribution in [3.63, 3.8) is 0 Å². The number of carbonyl (C=O) groups is 9. The van der Waals surface area contributed by atoms with E-state index in [1.54, 1.807) is 49.7 Å². The number of aliphatic hydroxyl groups is 9. The third kappa shape index (κ3) is 49.7. The molecule has 744 valence electrons. The fraction of sp³-hybridized carbons (Fsp3) is 0.902. The van der Waals surface area contributed by atoms with Crippen molar-refractivity contribution in [2.75, 3.05) is 144 Å². The van der Waals surface area contributed by atoms with Gasteiger partial charge in [-0.15, -0.1) is 0 Å². The molecule has 34 nitrogen and oxygen atoms in total. The van der Waals surface area contributed by atoms with Gasteiger partial charge in [0.2, 0.25) is 17.7 Å². The number of hydrogen-bond donors (Lipinski definition) is 12. The number of nitrogens with one attached hydrogen (secondary N) is 3. The van der Waals surface area contributed by atoms with Crippen LogP contribution in [0.25, 0.3) is 0 Å². The zero-order valence-electron chi connectivity index (χ0n) is 77.6. The molecule has 128 heavy (non-hydrogen) atoms. The molecule has 1 aliphatic carbocycles. The van der Waals surface area contributed by atoms with Gasteiger partial charge in [0.1, 0.15) is 41.8 Å². The number of hydrogen-bond acceptors (Lipinski definition) is 32. The molecule has 4 amide bonds. The van der Waals surface area contributed by atoms with Crippen LogP contribution < -0.4 is 16.0 Å². The number of amides is 4. The van der Waals surface area contributed by atoms with Crippen molar-refractivity contribution in [3.05, 3.63) is 0 Å². The van der Waals surface area contributed by atoms with Gasteiger partial charge in [0.15, 0.2) is 12.6 Å². The topological polar surface area (TPSA) is 486 Å². The summed E-state index contributed by atoms with van der Waals surface area (Å²) in [5, 5.41) is 98.7. The third-order valence-electron chi connectivity index (χ3n) is 24.7. The number of Topliss-reactive ketones (excluding diaryl/α,β-unsaturated/α-hetero) is 3. The van der Waals surface area contributed by atoms with Gasteiger partial charge < -0.3 is 124 Å². The maximum Gasteiger partial charge on any atom is 0.407 e. The van der Waals surface area contributed by atoms with Gasteiger partial charge in [-0.2, -0.15) is 0 Å². The smallest absolute Gasteiger partial charge is 0.407 e. The van der Waals surface area contributed by atoms with E-state index in [1.165, 1.54) is 0 Å². The number of ketones is 3. The molecule has 12 N–H and O–H groups in total. The van der Waals surface area contributed by atoms with E-state index in [0.29, 0.717) is 181 Å². The van der Waals surface area contributed by atoms with Gasteiger partial charge in [-0.25, -0.2) is 4.79 Å². The lowest BCUT2D eigenvalue weighted by atomic mass is 9.71. The predicted molar refractivity (Wildman–Crippen MR) is 481 cm³/mol. The fourth-order valence-electron chi connectivity index (χ4n) is 16.7. The summed E-state index contributed by atoms with van der Waals surface area (Å²) in [5.41, 5.74) is -0.668. The Kier molecular flexibility index (Phi) is 64.5. The van der Waals surface area contributed by atoms with Crippen LogP contribution in [0.15, 0.2) is 0 Å². The standard InChI is InChI=1S/C92H164N4O30S2/c1-66-75(58-69(62-97)86(111)83(66)108)119-46-23-32-71(100)30-15-9-6-14-22-45-95-91(114)124-51-29-42-92(40-27-49-120-81(106)37-16-10-7-12-20-43-93-78(103)34-24-47-122-89-67(2)84(109)87(112)76(63-98)125-89,41-28-50-121-82(107)38-17-11-8-13-21-44-94-79(104)35-25-48-123-90-68(3)85(110)88(113)77(64-99)126-90)60-73(102)39-52-117-53-54-118-55-57-128-127-56-26-33-72(101)31-18-19-36-80(105)96-61-74(116-5)59-70(96)65-115-4/h66-70,74-77,83-90,97-99,108-113H,6-65H2,1-5H3,(H,93,103)(H,94,104)(H,95,114)/t66?,67?,68?,69?,70-,74+,75?,76?,77?,83?,84?,85?,86?,87?,88?,89?,90?,92?/m1/s1. The van der Waals surface area contributed by atoms with E-state index in [0.717, 1.165) is 101 Å². The van der Waals surface area contributed by atoms with Crippen molar-refractivity contribution < 1.29 is 146 Å². The Morgan fingerprint density at radius 2 is 0.852 bits per heavy atom. The van der Waals surface area contributed by atoms with E-state index in [4.69, 9.17) is 56.8 Å². The Morgan fingerprint density at radius 3 is 1.38 bits per heavy atom. The van der Waals surface area contributed by atoms with Crippen LogP contribution in [-0.2, 0) is 95.2 Å². The zero-order valence-corrected chi connectivity index (χ0v) is 79.2. The van der Waals surface area contributed by atoms with Gasteiger partial charge in [-0.05, 0) is 134 Å². The third-order valence-corrected chi connectivity index (χ3v) is 27.2. The summed E-state index contributed by atoms with van der Waals surface area (Å²) in [6, 6.07) is 0.0117. The molecule has 0 radical (unpaired) electrons. The molecule has 15 unspecified atom stereocenters. The molecule has 3 heterocycles. The number of aliphatic hydroxyl groups excluding tert-OH is 9. The molecule has 3 saturated heterocycles. The van der Waals surface area contributed by atoms with Crippen molar-refractivity contribution in [2.45, 2.75) is 357 Å². The average molecular weight is 1870 g/mol. The zero-order chi connectivity index (χ0) is 93.5. The first-order chi connectivity index (χ1) is 61.8. The molecule has 0 spiro atoms. The summed E-state index contributed by atoms with van der Waals surface area (Å²) in [5.74, 6) is -0.783. The monoisotopic (exact) mass is 1870 g/mol. The van der Waals surface area contributed by atoms with E-state index in [1.807, 2.05) is 11.8 Å².